The summed E-state index contributed by atoms with van der Waals surface area (Å²) < 4.78 is 5.61. The zero-order valence-electron chi connectivity index (χ0n) is 12.4. The van der Waals surface area contributed by atoms with Gasteiger partial charge in [-0.05, 0) is 32.2 Å². The van der Waals surface area contributed by atoms with E-state index in [1.807, 2.05) is 6.07 Å². The highest BCUT2D eigenvalue weighted by atomic mass is 16.5. The van der Waals surface area contributed by atoms with Crippen molar-refractivity contribution in [3.8, 4) is 5.88 Å². The second-order valence-corrected chi connectivity index (χ2v) is 5.34. The average molecular weight is 278 g/mol. The van der Waals surface area contributed by atoms with Crippen LogP contribution >= 0.6 is 0 Å². The first-order chi connectivity index (χ1) is 9.85. The monoisotopic (exact) mass is 278 g/mol. The Bertz CT molecular complexity index is 393. The number of hydrogen-bond donors (Lipinski definition) is 1. The van der Waals surface area contributed by atoms with Crippen molar-refractivity contribution in [1.82, 2.24) is 9.97 Å². The molecule has 0 spiro atoms. The Morgan fingerprint density at radius 2 is 2.15 bits per heavy atom. The zero-order valence-corrected chi connectivity index (χ0v) is 12.4. The Morgan fingerprint density at radius 1 is 1.35 bits per heavy atom. The fourth-order valence-electron chi connectivity index (χ4n) is 2.73. The zero-order chi connectivity index (χ0) is 14.2. The number of anilines is 1. The second kappa shape index (κ2) is 8.04. The SMILES string of the molecule is CCCOc1cc(N(CCCN)C2CCCC2)ncn1. The Labute approximate surface area is 121 Å². The van der Waals surface area contributed by atoms with Crippen molar-refractivity contribution in [1.29, 1.82) is 0 Å². The molecule has 0 unspecified atom stereocenters. The summed E-state index contributed by atoms with van der Waals surface area (Å²) >= 11 is 0. The van der Waals surface area contributed by atoms with E-state index < -0.39 is 0 Å². The molecule has 1 aromatic rings. The normalized spacial score (nSPS) is 15.5. The third kappa shape index (κ3) is 4.07. The maximum absolute atomic E-state index is 5.67. The highest BCUT2D eigenvalue weighted by Gasteiger charge is 2.23. The molecule has 1 aromatic heterocycles. The quantitative estimate of drug-likeness (QED) is 0.791. The van der Waals surface area contributed by atoms with Gasteiger partial charge in [-0.3, -0.25) is 0 Å². The van der Waals surface area contributed by atoms with Crippen LogP contribution in [0.2, 0.25) is 0 Å². The summed E-state index contributed by atoms with van der Waals surface area (Å²) in [6.07, 6.45) is 8.71. The topological polar surface area (TPSA) is 64.3 Å². The average Bonchev–Trinajstić information content (AvgIpc) is 3.00. The number of aromatic nitrogens is 2. The first-order valence-corrected chi connectivity index (χ1v) is 7.76. The van der Waals surface area contributed by atoms with Crippen LogP contribution in [-0.2, 0) is 0 Å². The van der Waals surface area contributed by atoms with E-state index in [2.05, 4.69) is 21.8 Å². The molecular formula is C15H26N4O. The van der Waals surface area contributed by atoms with E-state index in [0.717, 1.165) is 25.2 Å². The van der Waals surface area contributed by atoms with Gasteiger partial charge in [-0.15, -0.1) is 0 Å². The van der Waals surface area contributed by atoms with Crippen LogP contribution in [0.15, 0.2) is 12.4 Å². The van der Waals surface area contributed by atoms with Gasteiger partial charge < -0.3 is 15.4 Å². The Balaban J connectivity index is 2.09. The molecule has 1 fully saturated rings. The van der Waals surface area contributed by atoms with Gasteiger partial charge in [-0.25, -0.2) is 9.97 Å². The smallest absolute Gasteiger partial charge is 0.218 e. The number of nitrogens with zero attached hydrogens (tertiary/aromatic N) is 3. The molecule has 112 valence electrons. The Morgan fingerprint density at radius 3 is 2.85 bits per heavy atom. The lowest BCUT2D eigenvalue weighted by atomic mass is 10.2. The minimum absolute atomic E-state index is 0.593. The number of ether oxygens (including phenoxy) is 1. The molecule has 0 amide bonds. The van der Waals surface area contributed by atoms with Crippen LogP contribution in [0.4, 0.5) is 5.82 Å². The largest absolute Gasteiger partial charge is 0.478 e. The van der Waals surface area contributed by atoms with E-state index >= 15 is 0 Å². The molecule has 1 aliphatic carbocycles. The first kappa shape index (κ1) is 15.0. The van der Waals surface area contributed by atoms with Crippen LogP contribution in [0.3, 0.4) is 0 Å². The Kier molecular flexibility index (Phi) is 6.05. The summed E-state index contributed by atoms with van der Waals surface area (Å²) in [5.41, 5.74) is 5.67. The third-order valence-corrected chi connectivity index (χ3v) is 3.74. The summed E-state index contributed by atoms with van der Waals surface area (Å²) in [5.74, 6) is 1.65. The van der Waals surface area contributed by atoms with Gasteiger partial charge in [0.1, 0.15) is 12.1 Å². The van der Waals surface area contributed by atoms with Crippen molar-refractivity contribution in [3.63, 3.8) is 0 Å². The molecule has 2 N–H and O–H groups in total. The predicted octanol–water partition coefficient (Wildman–Crippen LogP) is 2.36. The van der Waals surface area contributed by atoms with Crippen molar-refractivity contribution in [2.75, 3.05) is 24.6 Å². The molecule has 1 heterocycles. The highest BCUT2D eigenvalue weighted by Crippen LogP contribution is 2.28. The van der Waals surface area contributed by atoms with Gasteiger partial charge >= 0.3 is 0 Å². The van der Waals surface area contributed by atoms with Crippen LogP contribution in [0, 0.1) is 0 Å². The van der Waals surface area contributed by atoms with Gasteiger partial charge in [0.15, 0.2) is 0 Å². The molecule has 0 saturated heterocycles. The van der Waals surface area contributed by atoms with Gasteiger partial charge in [-0.1, -0.05) is 19.8 Å². The minimum Gasteiger partial charge on any atom is -0.478 e. The maximum Gasteiger partial charge on any atom is 0.218 e. The molecule has 20 heavy (non-hydrogen) atoms. The summed E-state index contributed by atoms with van der Waals surface area (Å²) in [6.45, 7) is 4.47. The lowest BCUT2D eigenvalue weighted by Crippen LogP contribution is -2.35. The second-order valence-electron chi connectivity index (χ2n) is 5.34. The molecule has 5 heteroatoms. The number of nitrogens with two attached hydrogens (primary N) is 1. The number of hydrogen-bond acceptors (Lipinski definition) is 5. The van der Waals surface area contributed by atoms with Gasteiger partial charge in [0.2, 0.25) is 5.88 Å². The van der Waals surface area contributed by atoms with Crippen molar-refractivity contribution < 1.29 is 4.74 Å². The van der Waals surface area contributed by atoms with Crippen LogP contribution in [0.1, 0.15) is 45.4 Å². The molecule has 2 rings (SSSR count). The summed E-state index contributed by atoms with van der Waals surface area (Å²) in [5, 5.41) is 0. The van der Waals surface area contributed by atoms with Crippen molar-refractivity contribution in [3.05, 3.63) is 12.4 Å². The fraction of sp³-hybridized carbons (Fsp3) is 0.733. The van der Waals surface area contributed by atoms with Gasteiger partial charge in [0.05, 0.1) is 6.61 Å². The van der Waals surface area contributed by atoms with E-state index in [1.165, 1.54) is 25.7 Å². The van der Waals surface area contributed by atoms with Crippen molar-refractivity contribution in [2.45, 2.75) is 51.5 Å². The van der Waals surface area contributed by atoms with Gasteiger partial charge in [0, 0.05) is 18.7 Å². The summed E-state index contributed by atoms with van der Waals surface area (Å²) in [7, 11) is 0. The van der Waals surface area contributed by atoms with E-state index in [0.29, 0.717) is 25.1 Å². The Hall–Kier alpha value is -1.36. The van der Waals surface area contributed by atoms with Gasteiger partial charge in [-0.2, -0.15) is 0 Å². The molecule has 5 nitrogen and oxygen atoms in total. The molecule has 0 bridgehead atoms. The molecule has 1 aliphatic rings. The van der Waals surface area contributed by atoms with Crippen molar-refractivity contribution in [2.24, 2.45) is 5.73 Å². The highest BCUT2D eigenvalue weighted by molar-refractivity contribution is 5.42. The summed E-state index contributed by atoms with van der Waals surface area (Å²) in [6, 6.07) is 2.56. The molecule has 0 aromatic carbocycles. The minimum atomic E-state index is 0.593. The van der Waals surface area contributed by atoms with Crippen molar-refractivity contribution >= 4 is 5.82 Å². The van der Waals surface area contributed by atoms with E-state index in [9.17, 15) is 0 Å². The van der Waals surface area contributed by atoms with Crippen LogP contribution < -0.4 is 15.4 Å². The maximum atomic E-state index is 5.67. The fourth-order valence-corrected chi connectivity index (χ4v) is 2.73. The lowest BCUT2D eigenvalue weighted by Gasteiger charge is -2.30. The van der Waals surface area contributed by atoms with Gasteiger partial charge in [0.25, 0.3) is 0 Å². The van der Waals surface area contributed by atoms with E-state index in [1.54, 1.807) is 6.33 Å². The standard InChI is InChI=1S/C15H26N4O/c1-2-10-20-15-11-14(17-12-18-15)19(9-5-8-16)13-6-3-4-7-13/h11-13H,2-10,16H2,1H3. The van der Waals surface area contributed by atoms with Crippen LogP contribution in [-0.4, -0.2) is 35.7 Å². The lowest BCUT2D eigenvalue weighted by molar-refractivity contribution is 0.304. The number of rotatable bonds is 8. The third-order valence-electron chi connectivity index (χ3n) is 3.74. The molecule has 0 aliphatic heterocycles. The molecule has 0 radical (unpaired) electrons. The molecular weight excluding hydrogens is 252 g/mol. The van der Waals surface area contributed by atoms with E-state index in [4.69, 9.17) is 10.5 Å². The predicted molar refractivity (Wildman–Crippen MR) is 81.1 cm³/mol. The van der Waals surface area contributed by atoms with E-state index in [-0.39, 0.29) is 0 Å². The molecule has 0 atom stereocenters. The van der Waals surface area contributed by atoms with Crippen LogP contribution in [0.5, 0.6) is 5.88 Å². The van der Waals surface area contributed by atoms with Crippen LogP contribution in [0.25, 0.3) is 0 Å². The molecule has 1 saturated carbocycles. The summed E-state index contributed by atoms with van der Waals surface area (Å²) in [4.78, 5) is 11.0. The first-order valence-electron chi connectivity index (χ1n) is 7.76.